The van der Waals surface area contributed by atoms with Gasteiger partial charge >= 0.3 is 0 Å². The van der Waals surface area contributed by atoms with E-state index in [9.17, 15) is 0 Å². The second-order valence-electron chi connectivity index (χ2n) is 6.10. The first-order valence-corrected chi connectivity index (χ1v) is 9.41. The highest BCUT2D eigenvalue weighted by Crippen LogP contribution is 2.21. The molecule has 1 N–H and O–H groups in total. The van der Waals surface area contributed by atoms with Gasteiger partial charge in [0.25, 0.3) is 0 Å². The van der Waals surface area contributed by atoms with E-state index in [4.69, 9.17) is 28.6 Å². The van der Waals surface area contributed by atoms with E-state index in [1.165, 1.54) is 5.56 Å². The molecule has 3 aromatic carbocycles. The molecule has 3 rings (SSSR count). The molecule has 3 aromatic rings. The van der Waals surface area contributed by atoms with Crippen LogP contribution in [-0.2, 0) is 13.1 Å². The molecule has 138 valence electrons. The van der Waals surface area contributed by atoms with Gasteiger partial charge in [0.15, 0.2) is 5.11 Å². The maximum absolute atomic E-state index is 6.37. The largest absolute Gasteiger partial charge is 0.497 e. The molecule has 0 aliphatic heterocycles. The Hall–Kier alpha value is -2.56. The van der Waals surface area contributed by atoms with Gasteiger partial charge in [-0.25, -0.2) is 0 Å². The van der Waals surface area contributed by atoms with Crippen molar-refractivity contribution >= 4 is 34.6 Å². The Kier molecular flexibility index (Phi) is 6.69. The van der Waals surface area contributed by atoms with Crippen molar-refractivity contribution in [1.82, 2.24) is 4.90 Å². The molecule has 0 unspecified atom stereocenters. The number of hydrogen-bond acceptors (Lipinski definition) is 2. The predicted molar refractivity (Wildman–Crippen MR) is 116 cm³/mol. The Bertz CT molecular complexity index is 902. The molecular formula is C22H21ClN2OS. The maximum atomic E-state index is 6.37. The summed E-state index contributed by atoms with van der Waals surface area (Å²) in [4.78, 5) is 2.10. The van der Waals surface area contributed by atoms with E-state index in [1.54, 1.807) is 7.11 Å². The number of halogens is 1. The second kappa shape index (κ2) is 9.40. The lowest BCUT2D eigenvalue weighted by atomic mass is 10.2. The fourth-order valence-corrected chi connectivity index (χ4v) is 3.18. The smallest absolute Gasteiger partial charge is 0.174 e. The zero-order valence-electron chi connectivity index (χ0n) is 15.1. The number of methoxy groups -OCH3 is 1. The second-order valence-corrected chi connectivity index (χ2v) is 6.89. The fourth-order valence-electron chi connectivity index (χ4n) is 2.74. The molecule has 0 aliphatic carbocycles. The van der Waals surface area contributed by atoms with Gasteiger partial charge < -0.3 is 15.0 Å². The zero-order valence-corrected chi connectivity index (χ0v) is 16.6. The van der Waals surface area contributed by atoms with Crippen molar-refractivity contribution in [1.29, 1.82) is 0 Å². The number of benzene rings is 3. The van der Waals surface area contributed by atoms with Crippen LogP contribution in [0.2, 0.25) is 5.02 Å². The number of hydrogen-bond donors (Lipinski definition) is 1. The summed E-state index contributed by atoms with van der Waals surface area (Å²) in [6.07, 6.45) is 0. The van der Waals surface area contributed by atoms with Gasteiger partial charge in [-0.2, -0.15) is 0 Å². The molecule has 0 radical (unpaired) electrons. The molecule has 27 heavy (non-hydrogen) atoms. The van der Waals surface area contributed by atoms with Crippen molar-refractivity contribution in [2.24, 2.45) is 0 Å². The summed E-state index contributed by atoms with van der Waals surface area (Å²) in [7, 11) is 1.65. The first kappa shape index (κ1) is 19.2. The van der Waals surface area contributed by atoms with Crippen molar-refractivity contribution in [2.75, 3.05) is 12.4 Å². The number of nitrogens with zero attached hydrogens (tertiary/aromatic N) is 1. The summed E-state index contributed by atoms with van der Waals surface area (Å²) in [5.74, 6) is 0.781. The van der Waals surface area contributed by atoms with Crippen LogP contribution in [0.25, 0.3) is 0 Å². The number of rotatable bonds is 6. The minimum absolute atomic E-state index is 0.615. The highest BCUT2D eigenvalue weighted by atomic mass is 35.5. The molecule has 0 saturated heterocycles. The summed E-state index contributed by atoms with van der Waals surface area (Å²) in [5, 5.41) is 4.68. The molecule has 0 saturated carbocycles. The van der Waals surface area contributed by atoms with E-state index in [0.717, 1.165) is 22.0 Å². The molecule has 0 spiro atoms. The monoisotopic (exact) mass is 396 g/mol. The summed E-state index contributed by atoms with van der Waals surface area (Å²) in [5.41, 5.74) is 3.10. The molecule has 5 heteroatoms. The van der Waals surface area contributed by atoms with E-state index in [-0.39, 0.29) is 0 Å². The Morgan fingerprint density at radius 3 is 2.44 bits per heavy atom. The van der Waals surface area contributed by atoms with E-state index in [1.807, 2.05) is 66.7 Å². The van der Waals surface area contributed by atoms with E-state index >= 15 is 0 Å². The molecule has 0 aliphatic rings. The van der Waals surface area contributed by atoms with Crippen molar-refractivity contribution < 1.29 is 4.74 Å². The zero-order chi connectivity index (χ0) is 19.1. The number of nitrogens with one attached hydrogen (secondary N) is 1. The summed E-state index contributed by atoms with van der Waals surface area (Å²) in [6, 6.07) is 25.8. The van der Waals surface area contributed by atoms with Gasteiger partial charge in [0.2, 0.25) is 0 Å². The normalized spacial score (nSPS) is 10.3. The van der Waals surface area contributed by atoms with Gasteiger partial charge in [0, 0.05) is 29.9 Å². The van der Waals surface area contributed by atoms with E-state index in [2.05, 4.69) is 22.3 Å². The lowest BCUT2D eigenvalue weighted by Gasteiger charge is -2.27. The molecule has 0 amide bonds. The van der Waals surface area contributed by atoms with Crippen molar-refractivity contribution in [3.63, 3.8) is 0 Å². The number of anilines is 1. The standard InChI is InChI=1S/C22H21ClN2OS/c1-26-20-12-7-11-19(14-20)24-22(27)25(15-17-8-3-2-4-9-17)16-18-10-5-6-13-21(18)23/h2-14H,15-16H2,1H3,(H,24,27). The summed E-state index contributed by atoms with van der Waals surface area (Å²) in [6.45, 7) is 1.30. The van der Waals surface area contributed by atoms with Gasteiger partial charge in [-0.05, 0) is 41.5 Å². The van der Waals surface area contributed by atoms with Crippen LogP contribution in [0.4, 0.5) is 5.69 Å². The SMILES string of the molecule is COc1cccc(NC(=S)N(Cc2ccccc2)Cc2ccccc2Cl)c1. The van der Waals surface area contributed by atoms with Gasteiger partial charge in [-0.1, -0.05) is 66.2 Å². The molecule has 0 fully saturated rings. The van der Waals surface area contributed by atoms with Crippen LogP contribution in [0.5, 0.6) is 5.75 Å². The molecule has 3 nitrogen and oxygen atoms in total. The Labute approximate surface area is 170 Å². The van der Waals surface area contributed by atoms with Crippen LogP contribution in [0.3, 0.4) is 0 Å². The fraction of sp³-hybridized carbons (Fsp3) is 0.136. The summed E-state index contributed by atoms with van der Waals surface area (Å²) >= 11 is 12.1. The highest BCUT2D eigenvalue weighted by molar-refractivity contribution is 7.80. The van der Waals surface area contributed by atoms with Crippen LogP contribution in [0.15, 0.2) is 78.9 Å². The molecular weight excluding hydrogens is 376 g/mol. The predicted octanol–water partition coefficient (Wildman–Crippen LogP) is 5.75. The van der Waals surface area contributed by atoms with E-state index < -0.39 is 0 Å². The third-order valence-corrected chi connectivity index (χ3v) is 4.87. The van der Waals surface area contributed by atoms with Gasteiger partial charge in [0.05, 0.1) is 7.11 Å². The Balaban J connectivity index is 1.81. The number of ether oxygens (including phenoxy) is 1. The number of thiocarbonyl (C=S) groups is 1. The van der Waals surface area contributed by atoms with Crippen molar-refractivity contribution in [3.8, 4) is 5.75 Å². The van der Waals surface area contributed by atoms with Crippen molar-refractivity contribution in [3.05, 3.63) is 95.0 Å². The van der Waals surface area contributed by atoms with Crippen LogP contribution in [0, 0.1) is 0 Å². The average Bonchev–Trinajstić information content (AvgIpc) is 2.70. The lowest BCUT2D eigenvalue weighted by Crippen LogP contribution is -2.33. The minimum atomic E-state index is 0.615. The van der Waals surface area contributed by atoms with Crippen LogP contribution >= 0.6 is 23.8 Å². The average molecular weight is 397 g/mol. The Morgan fingerprint density at radius 2 is 1.70 bits per heavy atom. The molecule has 0 heterocycles. The summed E-state index contributed by atoms with van der Waals surface area (Å²) < 4.78 is 5.29. The van der Waals surface area contributed by atoms with Gasteiger partial charge in [-0.3, -0.25) is 0 Å². The van der Waals surface area contributed by atoms with Crippen LogP contribution < -0.4 is 10.1 Å². The molecule has 0 bridgehead atoms. The first-order chi connectivity index (χ1) is 13.2. The van der Waals surface area contributed by atoms with Crippen LogP contribution in [0.1, 0.15) is 11.1 Å². The first-order valence-electron chi connectivity index (χ1n) is 8.63. The Morgan fingerprint density at radius 1 is 0.963 bits per heavy atom. The highest BCUT2D eigenvalue weighted by Gasteiger charge is 2.13. The van der Waals surface area contributed by atoms with Gasteiger partial charge in [-0.15, -0.1) is 0 Å². The van der Waals surface area contributed by atoms with Gasteiger partial charge in [0.1, 0.15) is 5.75 Å². The topological polar surface area (TPSA) is 24.5 Å². The molecule has 0 atom stereocenters. The van der Waals surface area contributed by atoms with Crippen molar-refractivity contribution in [2.45, 2.75) is 13.1 Å². The maximum Gasteiger partial charge on any atom is 0.174 e. The van der Waals surface area contributed by atoms with Crippen LogP contribution in [-0.4, -0.2) is 17.1 Å². The molecule has 0 aromatic heterocycles. The third-order valence-electron chi connectivity index (χ3n) is 4.14. The minimum Gasteiger partial charge on any atom is -0.497 e. The third kappa shape index (κ3) is 5.46. The van der Waals surface area contributed by atoms with E-state index in [0.29, 0.717) is 18.2 Å². The lowest BCUT2D eigenvalue weighted by molar-refractivity contribution is 0.412. The quantitative estimate of drug-likeness (QED) is 0.536.